The number of rotatable bonds is 3. The van der Waals surface area contributed by atoms with Gasteiger partial charge in [-0.25, -0.2) is 9.97 Å². The van der Waals surface area contributed by atoms with E-state index in [9.17, 15) is 5.11 Å². The fourth-order valence-electron chi connectivity index (χ4n) is 1.39. The molecule has 0 fully saturated rings. The molecule has 0 aliphatic heterocycles. The van der Waals surface area contributed by atoms with Gasteiger partial charge in [0, 0.05) is 17.8 Å². The topological polar surface area (TPSA) is 46.0 Å². The minimum absolute atomic E-state index is 0.0555. The van der Waals surface area contributed by atoms with Gasteiger partial charge < -0.3 is 5.11 Å². The van der Waals surface area contributed by atoms with Crippen LogP contribution in [0.4, 0.5) is 0 Å². The van der Waals surface area contributed by atoms with E-state index >= 15 is 0 Å². The molecule has 0 radical (unpaired) electrons. The van der Waals surface area contributed by atoms with E-state index in [0.29, 0.717) is 0 Å². The van der Waals surface area contributed by atoms with Crippen molar-refractivity contribution in [2.24, 2.45) is 0 Å². The van der Waals surface area contributed by atoms with Crippen LogP contribution in [0.25, 0.3) is 0 Å². The van der Waals surface area contributed by atoms with Crippen molar-refractivity contribution in [1.29, 1.82) is 0 Å². The zero-order valence-corrected chi connectivity index (χ0v) is 8.36. The van der Waals surface area contributed by atoms with Crippen LogP contribution in [0.5, 0.6) is 0 Å². The summed E-state index contributed by atoms with van der Waals surface area (Å²) in [6, 6.07) is 1.86. The van der Waals surface area contributed by atoms with Crippen molar-refractivity contribution in [2.45, 2.75) is 39.2 Å². The van der Waals surface area contributed by atoms with Gasteiger partial charge in [-0.1, -0.05) is 6.92 Å². The van der Waals surface area contributed by atoms with Crippen molar-refractivity contribution in [3.8, 4) is 0 Å². The fraction of sp³-hybridized carbons (Fsp3) is 0.600. The molecule has 0 saturated heterocycles. The maximum absolute atomic E-state index is 9.48. The SMILES string of the molecule is CCC(c1nccc(C)n1)C(C)O. The van der Waals surface area contributed by atoms with Crippen LogP contribution in [0.2, 0.25) is 0 Å². The van der Waals surface area contributed by atoms with Gasteiger partial charge in [-0.05, 0) is 26.3 Å². The Balaban J connectivity index is 2.91. The van der Waals surface area contributed by atoms with Gasteiger partial charge in [-0.15, -0.1) is 0 Å². The highest BCUT2D eigenvalue weighted by Gasteiger charge is 2.17. The van der Waals surface area contributed by atoms with Crippen LogP contribution in [-0.2, 0) is 0 Å². The Morgan fingerprint density at radius 1 is 1.54 bits per heavy atom. The molecule has 1 aromatic heterocycles. The summed E-state index contributed by atoms with van der Waals surface area (Å²) in [5.74, 6) is 0.803. The molecular weight excluding hydrogens is 164 g/mol. The highest BCUT2D eigenvalue weighted by molar-refractivity contribution is 5.04. The molecule has 0 amide bonds. The first kappa shape index (κ1) is 10.1. The lowest BCUT2D eigenvalue weighted by Gasteiger charge is -2.16. The second kappa shape index (κ2) is 4.33. The Labute approximate surface area is 78.9 Å². The molecule has 0 aliphatic rings. The normalized spacial score (nSPS) is 15.4. The minimum atomic E-state index is -0.383. The Kier molecular flexibility index (Phi) is 3.37. The largest absolute Gasteiger partial charge is 0.393 e. The first-order chi connectivity index (χ1) is 6.15. The molecule has 0 aliphatic carbocycles. The van der Waals surface area contributed by atoms with E-state index < -0.39 is 0 Å². The third-order valence-corrected chi connectivity index (χ3v) is 2.17. The first-order valence-electron chi connectivity index (χ1n) is 4.62. The molecule has 1 rings (SSSR count). The molecule has 2 atom stereocenters. The second-order valence-electron chi connectivity index (χ2n) is 3.31. The van der Waals surface area contributed by atoms with Gasteiger partial charge in [0.05, 0.1) is 6.10 Å². The smallest absolute Gasteiger partial charge is 0.134 e. The summed E-state index contributed by atoms with van der Waals surface area (Å²) in [4.78, 5) is 8.46. The summed E-state index contributed by atoms with van der Waals surface area (Å²) in [5, 5.41) is 9.48. The van der Waals surface area contributed by atoms with Crippen LogP contribution >= 0.6 is 0 Å². The summed E-state index contributed by atoms with van der Waals surface area (Å²) < 4.78 is 0. The number of hydrogen-bond acceptors (Lipinski definition) is 3. The molecule has 2 unspecified atom stereocenters. The standard InChI is InChI=1S/C10H16N2O/c1-4-9(8(3)13)10-11-6-5-7(2)12-10/h5-6,8-9,13H,4H2,1-3H3. The van der Waals surface area contributed by atoms with Gasteiger partial charge in [-0.3, -0.25) is 0 Å². The van der Waals surface area contributed by atoms with Crippen molar-refractivity contribution < 1.29 is 5.11 Å². The summed E-state index contributed by atoms with van der Waals surface area (Å²) >= 11 is 0. The number of nitrogens with zero attached hydrogens (tertiary/aromatic N) is 2. The predicted octanol–water partition coefficient (Wildman–Crippen LogP) is 1.66. The van der Waals surface area contributed by atoms with Gasteiger partial charge in [0.1, 0.15) is 5.82 Å². The molecule has 3 heteroatoms. The van der Waals surface area contributed by atoms with Gasteiger partial charge >= 0.3 is 0 Å². The monoisotopic (exact) mass is 180 g/mol. The Morgan fingerprint density at radius 2 is 2.23 bits per heavy atom. The lowest BCUT2D eigenvalue weighted by Crippen LogP contribution is -2.16. The summed E-state index contributed by atoms with van der Waals surface area (Å²) in [6.45, 7) is 5.74. The second-order valence-corrected chi connectivity index (χ2v) is 3.31. The summed E-state index contributed by atoms with van der Waals surface area (Å²) in [5.41, 5.74) is 0.948. The maximum Gasteiger partial charge on any atom is 0.134 e. The van der Waals surface area contributed by atoms with Crippen molar-refractivity contribution in [3.63, 3.8) is 0 Å². The van der Waals surface area contributed by atoms with Gasteiger partial charge in [-0.2, -0.15) is 0 Å². The van der Waals surface area contributed by atoms with Crippen LogP contribution in [-0.4, -0.2) is 21.2 Å². The number of aryl methyl sites for hydroxylation is 1. The Hall–Kier alpha value is -0.960. The highest BCUT2D eigenvalue weighted by Crippen LogP contribution is 2.19. The van der Waals surface area contributed by atoms with Crippen LogP contribution in [0.15, 0.2) is 12.3 Å². The lowest BCUT2D eigenvalue weighted by atomic mass is 10.00. The molecular formula is C10H16N2O. The molecule has 0 saturated carbocycles. The first-order valence-corrected chi connectivity index (χ1v) is 4.62. The van der Waals surface area contributed by atoms with Crippen LogP contribution in [0.3, 0.4) is 0 Å². The highest BCUT2D eigenvalue weighted by atomic mass is 16.3. The predicted molar refractivity (Wildman–Crippen MR) is 51.5 cm³/mol. The molecule has 0 spiro atoms. The van der Waals surface area contributed by atoms with E-state index in [4.69, 9.17) is 0 Å². The maximum atomic E-state index is 9.48. The number of aliphatic hydroxyl groups excluding tert-OH is 1. The van der Waals surface area contributed by atoms with E-state index in [1.54, 1.807) is 13.1 Å². The Bertz CT molecular complexity index is 273. The molecule has 0 aromatic carbocycles. The zero-order chi connectivity index (χ0) is 9.84. The van der Waals surface area contributed by atoms with Crippen LogP contribution in [0.1, 0.15) is 37.7 Å². The van der Waals surface area contributed by atoms with Gasteiger partial charge in [0.15, 0.2) is 0 Å². The van der Waals surface area contributed by atoms with Gasteiger partial charge in [0.25, 0.3) is 0 Å². The number of aliphatic hydroxyl groups is 1. The van der Waals surface area contributed by atoms with E-state index in [0.717, 1.165) is 17.9 Å². The van der Waals surface area contributed by atoms with Crippen LogP contribution in [0, 0.1) is 6.92 Å². The summed E-state index contributed by atoms with van der Waals surface area (Å²) in [7, 11) is 0. The fourth-order valence-corrected chi connectivity index (χ4v) is 1.39. The third kappa shape index (κ3) is 2.49. The van der Waals surface area contributed by atoms with Crippen LogP contribution < -0.4 is 0 Å². The van der Waals surface area contributed by atoms with Crippen molar-refractivity contribution in [2.75, 3.05) is 0 Å². The average Bonchev–Trinajstić information content (AvgIpc) is 2.04. The quantitative estimate of drug-likeness (QED) is 0.769. The summed E-state index contributed by atoms with van der Waals surface area (Å²) in [6.07, 6.45) is 2.22. The third-order valence-electron chi connectivity index (χ3n) is 2.17. The zero-order valence-electron chi connectivity index (χ0n) is 8.36. The van der Waals surface area contributed by atoms with E-state index in [2.05, 4.69) is 9.97 Å². The molecule has 0 bridgehead atoms. The molecule has 1 aromatic rings. The number of aromatic nitrogens is 2. The molecule has 3 nitrogen and oxygen atoms in total. The molecule has 72 valence electrons. The van der Waals surface area contributed by atoms with E-state index in [1.807, 2.05) is 19.9 Å². The van der Waals surface area contributed by atoms with Gasteiger partial charge in [0.2, 0.25) is 0 Å². The van der Waals surface area contributed by atoms with Crippen molar-refractivity contribution >= 4 is 0 Å². The Morgan fingerprint density at radius 3 is 2.69 bits per heavy atom. The molecule has 1 heterocycles. The molecule has 13 heavy (non-hydrogen) atoms. The average molecular weight is 180 g/mol. The lowest BCUT2D eigenvalue weighted by molar-refractivity contribution is 0.156. The van der Waals surface area contributed by atoms with Crippen molar-refractivity contribution in [3.05, 3.63) is 23.8 Å². The van der Waals surface area contributed by atoms with E-state index in [-0.39, 0.29) is 12.0 Å². The minimum Gasteiger partial charge on any atom is -0.393 e. The molecule has 1 N–H and O–H groups in total. The number of hydrogen-bond donors (Lipinski definition) is 1. The van der Waals surface area contributed by atoms with Crippen molar-refractivity contribution in [1.82, 2.24) is 9.97 Å². The van der Waals surface area contributed by atoms with E-state index in [1.165, 1.54) is 0 Å².